The first-order valence-corrected chi connectivity index (χ1v) is 8.01. The highest BCUT2D eigenvalue weighted by Crippen LogP contribution is 2.37. The topological polar surface area (TPSA) is 86.6 Å². The molecule has 17 heavy (non-hydrogen) atoms. The second-order valence-electron chi connectivity index (χ2n) is 5.50. The van der Waals surface area contributed by atoms with E-state index in [0.29, 0.717) is 6.54 Å². The van der Waals surface area contributed by atoms with E-state index in [1.54, 1.807) is 0 Å². The van der Waals surface area contributed by atoms with E-state index < -0.39 is 15.9 Å². The summed E-state index contributed by atoms with van der Waals surface area (Å²) in [6.45, 7) is 0.732. The molecular formula is C11H21NO4S. The lowest BCUT2D eigenvalue weighted by molar-refractivity contribution is 0.109. The van der Waals surface area contributed by atoms with E-state index in [1.807, 2.05) is 0 Å². The van der Waals surface area contributed by atoms with Gasteiger partial charge < -0.3 is 15.5 Å². The molecule has 0 aromatic heterocycles. The van der Waals surface area contributed by atoms with Crippen LogP contribution in [-0.2, 0) is 9.84 Å². The van der Waals surface area contributed by atoms with Crippen molar-refractivity contribution in [3.05, 3.63) is 0 Å². The zero-order valence-electron chi connectivity index (χ0n) is 9.93. The third kappa shape index (κ3) is 2.99. The first-order valence-electron chi connectivity index (χ1n) is 6.19. The zero-order valence-corrected chi connectivity index (χ0v) is 10.7. The van der Waals surface area contributed by atoms with Crippen LogP contribution in [-0.4, -0.2) is 55.4 Å². The predicted octanol–water partition coefficient (Wildman–Crippen LogP) is -0.713. The van der Waals surface area contributed by atoms with Gasteiger partial charge >= 0.3 is 0 Å². The highest BCUT2D eigenvalue weighted by Gasteiger charge is 2.39. The quantitative estimate of drug-likeness (QED) is 0.623. The maximum absolute atomic E-state index is 11.3. The summed E-state index contributed by atoms with van der Waals surface area (Å²) in [5.41, 5.74) is -0.105. The van der Waals surface area contributed by atoms with Gasteiger partial charge in [0.05, 0.1) is 17.6 Å². The molecule has 6 heteroatoms. The van der Waals surface area contributed by atoms with E-state index in [9.17, 15) is 18.6 Å². The molecule has 1 aliphatic carbocycles. The molecule has 5 nitrogen and oxygen atoms in total. The average molecular weight is 263 g/mol. The molecule has 0 amide bonds. The molecule has 3 N–H and O–H groups in total. The van der Waals surface area contributed by atoms with Crippen molar-refractivity contribution < 1.29 is 18.6 Å². The van der Waals surface area contributed by atoms with Gasteiger partial charge in [0.1, 0.15) is 0 Å². The van der Waals surface area contributed by atoms with Gasteiger partial charge in [-0.1, -0.05) is 12.8 Å². The standard InChI is InChI=1S/C11H21NO4S/c13-8-11(3-1-2-4-11)7-12-9-5-17(15,16)6-10(9)14/h9-10,12-14H,1-8H2. The highest BCUT2D eigenvalue weighted by atomic mass is 32.2. The van der Waals surface area contributed by atoms with Crippen LogP contribution in [0.1, 0.15) is 25.7 Å². The van der Waals surface area contributed by atoms with Crippen molar-refractivity contribution in [1.29, 1.82) is 0 Å². The molecule has 1 heterocycles. The average Bonchev–Trinajstić information content (AvgIpc) is 2.81. The van der Waals surface area contributed by atoms with Crippen LogP contribution in [0.3, 0.4) is 0 Å². The van der Waals surface area contributed by atoms with Crippen molar-refractivity contribution in [3.63, 3.8) is 0 Å². The van der Waals surface area contributed by atoms with Crippen molar-refractivity contribution in [2.24, 2.45) is 5.41 Å². The van der Waals surface area contributed by atoms with Crippen molar-refractivity contribution >= 4 is 9.84 Å². The molecule has 100 valence electrons. The number of rotatable bonds is 4. The summed E-state index contributed by atoms with van der Waals surface area (Å²) in [5, 5.41) is 22.2. The van der Waals surface area contributed by atoms with Crippen LogP contribution in [0.4, 0.5) is 0 Å². The molecule has 0 spiro atoms. The number of sulfone groups is 1. The minimum Gasteiger partial charge on any atom is -0.396 e. The molecule has 0 bridgehead atoms. The minimum atomic E-state index is -3.09. The summed E-state index contributed by atoms with van der Waals surface area (Å²) in [7, 11) is -3.09. The van der Waals surface area contributed by atoms with Gasteiger partial charge in [-0.25, -0.2) is 8.42 Å². The maximum atomic E-state index is 11.3. The second-order valence-corrected chi connectivity index (χ2v) is 7.65. The fraction of sp³-hybridized carbons (Fsp3) is 1.00. The Kier molecular flexibility index (Phi) is 3.77. The second kappa shape index (κ2) is 4.84. The number of hydrogen-bond donors (Lipinski definition) is 3. The Morgan fingerprint density at radius 1 is 1.24 bits per heavy atom. The van der Waals surface area contributed by atoms with Crippen LogP contribution >= 0.6 is 0 Å². The highest BCUT2D eigenvalue weighted by molar-refractivity contribution is 7.91. The Bertz CT molecular complexity index is 362. The van der Waals surface area contributed by atoms with Gasteiger partial charge in [-0.3, -0.25) is 0 Å². The number of aliphatic hydroxyl groups excluding tert-OH is 2. The van der Waals surface area contributed by atoms with Crippen LogP contribution in [0.25, 0.3) is 0 Å². The van der Waals surface area contributed by atoms with E-state index in [2.05, 4.69) is 5.32 Å². The van der Waals surface area contributed by atoms with Crippen molar-refractivity contribution in [2.75, 3.05) is 24.7 Å². The van der Waals surface area contributed by atoms with E-state index in [4.69, 9.17) is 0 Å². The molecule has 0 aromatic carbocycles. The summed E-state index contributed by atoms with van der Waals surface area (Å²) < 4.78 is 22.7. The third-order valence-electron chi connectivity index (χ3n) is 4.06. The summed E-state index contributed by atoms with van der Waals surface area (Å²) in [5.74, 6) is -0.132. The Morgan fingerprint density at radius 2 is 1.88 bits per heavy atom. The van der Waals surface area contributed by atoms with E-state index in [-0.39, 0.29) is 29.6 Å². The SMILES string of the molecule is O=S1(=O)CC(O)C(NCC2(CO)CCCC2)C1. The number of aliphatic hydroxyl groups is 2. The lowest BCUT2D eigenvalue weighted by atomic mass is 9.87. The van der Waals surface area contributed by atoms with Gasteiger partial charge in [0.2, 0.25) is 0 Å². The largest absolute Gasteiger partial charge is 0.396 e. The van der Waals surface area contributed by atoms with Gasteiger partial charge in [0, 0.05) is 24.6 Å². The molecule has 2 rings (SSSR count). The third-order valence-corrected chi connectivity index (χ3v) is 5.78. The monoisotopic (exact) mass is 263 g/mol. The molecule has 2 aliphatic rings. The molecular weight excluding hydrogens is 242 g/mol. The number of hydrogen-bond acceptors (Lipinski definition) is 5. The number of nitrogens with one attached hydrogen (secondary N) is 1. The van der Waals surface area contributed by atoms with Crippen molar-refractivity contribution in [1.82, 2.24) is 5.32 Å². The molecule has 2 atom stereocenters. The maximum Gasteiger partial charge on any atom is 0.154 e. The Morgan fingerprint density at radius 3 is 2.35 bits per heavy atom. The Labute approximate surface area is 102 Å². The van der Waals surface area contributed by atoms with Crippen LogP contribution in [0.5, 0.6) is 0 Å². The molecule has 1 aliphatic heterocycles. The fourth-order valence-corrected chi connectivity index (χ4v) is 4.66. The molecule has 0 radical (unpaired) electrons. The lowest BCUT2D eigenvalue weighted by Crippen LogP contribution is -2.45. The van der Waals surface area contributed by atoms with Gasteiger partial charge in [0.25, 0.3) is 0 Å². The predicted molar refractivity (Wildman–Crippen MR) is 64.4 cm³/mol. The smallest absolute Gasteiger partial charge is 0.154 e. The zero-order chi connectivity index (χ0) is 12.5. The summed E-state index contributed by atoms with van der Waals surface area (Å²) in [6.07, 6.45) is 3.39. The molecule has 1 saturated carbocycles. The van der Waals surface area contributed by atoms with Crippen molar-refractivity contribution in [3.8, 4) is 0 Å². The van der Waals surface area contributed by atoms with Crippen LogP contribution in [0.15, 0.2) is 0 Å². The van der Waals surface area contributed by atoms with E-state index in [1.165, 1.54) is 0 Å². The molecule has 2 unspecified atom stereocenters. The Balaban J connectivity index is 1.90. The molecule has 0 aromatic rings. The first kappa shape index (κ1) is 13.3. The fourth-order valence-electron chi connectivity index (χ4n) is 2.89. The normalized spacial score (nSPS) is 35.2. The van der Waals surface area contributed by atoms with Gasteiger partial charge in [0.15, 0.2) is 9.84 Å². The van der Waals surface area contributed by atoms with Gasteiger partial charge in [-0.05, 0) is 12.8 Å². The summed E-state index contributed by atoms with van der Waals surface area (Å²) in [6, 6.07) is -0.371. The first-order chi connectivity index (χ1) is 7.96. The summed E-state index contributed by atoms with van der Waals surface area (Å²) >= 11 is 0. The van der Waals surface area contributed by atoms with Crippen LogP contribution < -0.4 is 5.32 Å². The van der Waals surface area contributed by atoms with E-state index in [0.717, 1.165) is 25.7 Å². The lowest BCUT2D eigenvalue weighted by Gasteiger charge is -2.29. The van der Waals surface area contributed by atoms with E-state index >= 15 is 0 Å². The minimum absolute atomic E-state index is 0.00960. The molecule has 1 saturated heterocycles. The Hall–Kier alpha value is -0.170. The van der Waals surface area contributed by atoms with Gasteiger partial charge in [-0.2, -0.15) is 0 Å². The van der Waals surface area contributed by atoms with Crippen molar-refractivity contribution in [2.45, 2.75) is 37.8 Å². The van der Waals surface area contributed by atoms with Gasteiger partial charge in [-0.15, -0.1) is 0 Å². The van der Waals surface area contributed by atoms with Crippen LogP contribution in [0, 0.1) is 5.41 Å². The van der Waals surface area contributed by atoms with Crippen LogP contribution in [0.2, 0.25) is 0 Å². The molecule has 2 fully saturated rings. The summed E-state index contributed by atoms with van der Waals surface area (Å²) in [4.78, 5) is 0.